The molecule has 3 unspecified atom stereocenters. The predicted molar refractivity (Wildman–Crippen MR) is 79.9 cm³/mol. The molecular weight excluding hydrogens is 266 g/mol. The molecule has 2 aliphatic heterocycles. The van der Waals surface area contributed by atoms with Gasteiger partial charge in [-0.2, -0.15) is 10.2 Å². The molecule has 5 heteroatoms. The Morgan fingerprint density at radius 2 is 2.29 bits per heavy atom. The lowest BCUT2D eigenvalue weighted by molar-refractivity contribution is -0.101. The fourth-order valence-corrected chi connectivity index (χ4v) is 3.59. The number of aromatic nitrogens is 2. The normalized spacial score (nSPS) is 30.7. The van der Waals surface area contributed by atoms with E-state index in [0.717, 1.165) is 55.8 Å². The van der Waals surface area contributed by atoms with Gasteiger partial charge in [-0.25, -0.2) is 0 Å². The van der Waals surface area contributed by atoms with E-state index >= 15 is 0 Å². The Balaban J connectivity index is 1.81. The van der Waals surface area contributed by atoms with Gasteiger partial charge in [0.05, 0.1) is 23.6 Å². The summed E-state index contributed by atoms with van der Waals surface area (Å²) < 4.78 is 11.6. The van der Waals surface area contributed by atoms with Gasteiger partial charge in [-0.3, -0.25) is 0 Å². The third-order valence-corrected chi connectivity index (χ3v) is 4.83. The molecule has 0 radical (unpaired) electrons. The molecule has 2 fully saturated rings. The number of nitrogens with zero attached hydrogens (tertiary/aromatic N) is 2. The van der Waals surface area contributed by atoms with Crippen LogP contribution in [0.3, 0.4) is 0 Å². The Morgan fingerprint density at radius 3 is 3.00 bits per heavy atom. The topological polar surface area (TPSA) is 70.3 Å². The van der Waals surface area contributed by atoms with Gasteiger partial charge in [-0.15, -0.1) is 0 Å². The molecular formula is C16H25N3O2. The summed E-state index contributed by atoms with van der Waals surface area (Å²) >= 11 is 0. The lowest BCUT2D eigenvalue weighted by Gasteiger charge is -2.39. The summed E-state index contributed by atoms with van der Waals surface area (Å²) in [6.45, 7) is 6.37. The van der Waals surface area contributed by atoms with Crippen LogP contribution in [0.4, 0.5) is 0 Å². The lowest BCUT2D eigenvalue weighted by Crippen LogP contribution is -2.43. The van der Waals surface area contributed by atoms with E-state index in [-0.39, 0.29) is 11.6 Å². The Morgan fingerprint density at radius 1 is 1.43 bits per heavy atom. The molecule has 21 heavy (non-hydrogen) atoms. The standard InChI is InChI=1S/C16H25N3O2/c1-3-14-13(8-11(2)18-19-14)15(17)12-4-6-21-16(9-12)5-7-20-10-16/h8,12,15H,3-7,9-10,17H2,1-2H3. The van der Waals surface area contributed by atoms with E-state index in [1.807, 2.05) is 6.92 Å². The van der Waals surface area contributed by atoms with E-state index < -0.39 is 0 Å². The van der Waals surface area contributed by atoms with Crippen LogP contribution in [0.2, 0.25) is 0 Å². The fraction of sp³-hybridized carbons (Fsp3) is 0.750. The van der Waals surface area contributed by atoms with E-state index in [1.165, 1.54) is 0 Å². The van der Waals surface area contributed by atoms with Crippen molar-refractivity contribution in [3.63, 3.8) is 0 Å². The quantitative estimate of drug-likeness (QED) is 0.921. The minimum Gasteiger partial charge on any atom is -0.378 e. The first-order valence-electron chi connectivity index (χ1n) is 7.94. The van der Waals surface area contributed by atoms with Crippen molar-refractivity contribution in [3.05, 3.63) is 23.0 Å². The fourth-order valence-electron chi connectivity index (χ4n) is 3.59. The second-order valence-corrected chi connectivity index (χ2v) is 6.35. The van der Waals surface area contributed by atoms with Crippen molar-refractivity contribution in [1.82, 2.24) is 10.2 Å². The molecule has 0 amide bonds. The molecule has 0 bridgehead atoms. The SMILES string of the molecule is CCc1nnc(C)cc1C(N)C1CCOC2(CCOC2)C1. The van der Waals surface area contributed by atoms with Crippen LogP contribution < -0.4 is 5.73 Å². The zero-order chi connectivity index (χ0) is 14.9. The first-order chi connectivity index (χ1) is 10.1. The number of aryl methyl sites for hydroxylation is 2. The van der Waals surface area contributed by atoms with Gasteiger partial charge in [0.25, 0.3) is 0 Å². The molecule has 1 spiro atoms. The first-order valence-corrected chi connectivity index (χ1v) is 7.94. The maximum atomic E-state index is 6.60. The summed E-state index contributed by atoms with van der Waals surface area (Å²) in [6, 6.07) is 2.11. The lowest BCUT2D eigenvalue weighted by atomic mass is 9.79. The molecule has 0 aliphatic carbocycles. The Kier molecular flexibility index (Phi) is 4.24. The van der Waals surface area contributed by atoms with Crippen LogP contribution in [0.5, 0.6) is 0 Å². The molecule has 2 saturated heterocycles. The zero-order valence-electron chi connectivity index (χ0n) is 13.0. The van der Waals surface area contributed by atoms with Crippen molar-refractivity contribution in [1.29, 1.82) is 0 Å². The highest BCUT2D eigenvalue weighted by atomic mass is 16.6. The minimum absolute atomic E-state index is 0.00975. The number of ether oxygens (including phenoxy) is 2. The molecule has 116 valence electrons. The third kappa shape index (κ3) is 2.96. The second kappa shape index (κ2) is 5.99. The summed E-state index contributed by atoms with van der Waals surface area (Å²) in [5.41, 5.74) is 9.62. The molecule has 3 rings (SSSR count). The number of nitrogens with two attached hydrogens (primary N) is 1. The number of rotatable bonds is 3. The zero-order valence-corrected chi connectivity index (χ0v) is 13.0. The van der Waals surface area contributed by atoms with Crippen LogP contribution in [0, 0.1) is 12.8 Å². The Hall–Kier alpha value is -1.04. The molecule has 5 nitrogen and oxygen atoms in total. The average molecular weight is 291 g/mol. The minimum atomic E-state index is -0.0948. The molecule has 3 atom stereocenters. The molecule has 0 aromatic carbocycles. The van der Waals surface area contributed by atoms with Gasteiger partial charge in [-0.05, 0) is 43.7 Å². The van der Waals surface area contributed by atoms with Gasteiger partial charge in [0.2, 0.25) is 0 Å². The van der Waals surface area contributed by atoms with Gasteiger partial charge in [0, 0.05) is 25.7 Å². The summed E-state index contributed by atoms with van der Waals surface area (Å²) in [4.78, 5) is 0. The second-order valence-electron chi connectivity index (χ2n) is 6.35. The van der Waals surface area contributed by atoms with Crippen molar-refractivity contribution in [2.24, 2.45) is 11.7 Å². The monoisotopic (exact) mass is 291 g/mol. The van der Waals surface area contributed by atoms with Crippen LogP contribution in [-0.4, -0.2) is 35.6 Å². The molecule has 1 aromatic heterocycles. The molecule has 2 N–H and O–H groups in total. The van der Waals surface area contributed by atoms with Crippen LogP contribution in [0.15, 0.2) is 6.07 Å². The molecule has 2 aliphatic rings. The van der Waals surface area contributed by atoms with Crippen molar-refractivity contribution < 1.29 is 9.47 Å². The van der Waals surface area contributed by atoms with E-state index in [9.17, 15) is 0 Å². The van der Waals surface area contributed by atoms with Gasteiger partial charge in [0.1, 0.15) is 0 Å². The van der Waals surface area contributed by atoms with Crippen LogP contribution in [-0.2, 0) is 15.9 Å². The highest BCUT2D eigenvalue weighted by Crippen LogP contribution is 2.40. The largest absolute Gasteiger partial charge is 0.378 e. The van der Waals surface area contributed by atoms with E-state index in [2.05, 4.69) is 23.2 Å². The van der Waals surface area contributed by atoms with Crippen molar-refractivity contribution in [2.45, 2.75) is 51.2 Å². The highest BCUT2D eigenvalue weighted by molar-refractivity contribution is 5.25. The maximum Gasteiger partial charge on any atom is 0.0940 e. The van der Waals surface area contributed by atoms with Gasteiger partial charge in [0.15, 0.2) is 0 Å². The third-order valence-electron chi connectivity index (χ3n) is 4.83. The van der Waals surface area contributed by atoms with Crippen LogP contribution in [0.25, 0.3) is 0 Å². The Bertz CT molecular complexity index is 500. The Labute approximate surface area is 126 Å². The summed E-state index contributed by atoms with van der Waals surface area (Å²) in [7, 11) is 0. The average Bonchev–Trinajstić information content (AvgIpc) is 2.94. The van der Waals surface area contributed by atoms with Crippen LogP contribution in [0.1, 0.15) is 49.2 Å². The van der Waals surface area contributed by atoms with Crippen molar-refractivity contribution >= 4 is 0 Å². The van der Waals surface area contributed by atoms with Gasteiger partial charge >= 0.3 is 0 Å². The van der Waals surface area contributed by atoms with Crippen LogP contribution >= 0.6 is 0 Å². The van der Waals surface area contributed by atoms with Gasteiger partial charge < -0.3 is 15.2 Å². The van der Waals surface area contributed by atoms with E-state index in [0.29, 0.717) is 12.5 Å². The number of hydrogen-bond acceptors (Lipinski definition) is 5. The number of hydrogen-bond donors (Lipinski definition) is 1. The predicted octanol–water partition coefficient (Wildman–Crippen LogP) is 1.93. The summed E-state index contributed by atoms with van der Waals surface area (Å²) in [5.74, 6) is 0.425. The molecule has 0 saturated carbocycles. The van der Waals surface area contributed by atoms with Crippen molar-refractivity contribution in [2.75, 3.05) is 19.8 Å². The molecule has 1 aromatic rings. The van der Waals surface area contributed by atoms with Gasteiger partial charge in [-0.1, -0.05) is 6.92 Å². The van der Waals surface area contributed by atoms with E-state index in [1.54, 1.807) is 0 Å². The van der Waals surface area contributed by atoms with Crippen molar-refractivity contribution in [3.8, 4) is 0 Å². The molecule has 3 heterocycles. The smallest absolute Gasteiger partial charge is 0.0940 e. The first kappa shape index (κ1) is 14.9. The highest BCUT2D eigenvalue weighted by Gasteiger charge is 2.42. The maximum absolute atomic E-state index is 6.60. The summed E-state index contributed by atoms with van der Waals surface area (Å²) in [5, 5.41) is 8.47. The summed E-state index contributed by atoms with van der Waals surface area (Å²) in [6.07, 6.45) is 3.85. The van der Waals surface area contributed by atoms with E-state index in [4.69, 9.17) is 15.2 Å².